The second-order valence-electron chi connectivity index (χ2n) is 4.04. The van der Waals surface area contributed by atoms with E-state index in [9.17, 15) is 4.39 Å². The van der Waals surface area contributed by atoms with Gasteiger partial charge in [-0.05, 0) is 42.0 Å². The summed E-state index contributed by atoms with van der Waals surface area (Å²) in [5.41, 5.74) is 1.88. The van der Waals surface area contributed by atoms with E-state index < -0.39 is 0 Å². The molecule has 2 aromatic carbocycles. The molecule has 2 nitrogen and oxygen atoms in total. The maximum absolute atomic E-state index is 12.8. The minimum atomic E-state index is -0.264. The lowest BCUT2D eigenvalue weighted by molar-refractivity contribution is 0.414. The molecule has 1 N–H and O–H groups in total. The molecule has 19 heavy (non-hydrogen) atoms. The number of thiocarbonyl (C=S) groups is 1. The van der Waals surface area contributed by atoms with Crippen LogP contribution in [0, 0.1) is 5.82 Å². The summed E-state index contributed by atoms with van der Waals surface area (Å²) in [6.45, 7) is 0.605. The molecule has 0 aliphatic rings. The van der Waals surface area contributed by atoms with Gasteiger partial charge >= 0.3 is 0 Å². The normalized spacial score (nSPS) is 10.0. The largest absolute Gasteiger partial charge is 0.497 e. The quantitative estimate of drug-likeness (QED) is 0.865. The van der Waals surface area contributed by atoms with Crippen LogP contribution in [0.2, 0.25) is 0 Å². The Bertz CT molecular complexity index is 569. The molecule has 98 valence electrons. The molecular weight excluding hydrogens is 261 g/mol. The standard InChI is InChI=1S/C15H14FNOS/c1-18-14-4-2-3-11(9-14)10-17-15(19)12-5-7-13(16)8-6-12/h2-9H,10H2,1H3,(H,17,19). The van der Waals surface area contributed by atoms with E-state index in [-0.39, 0.29) is 5.82 Å². The van der Waals surface area contributed by atoms with Crippen molar-refractivity contribution in [3.63, 3.8) is 0 Å². The lowest BCUT2D eigenvalue weighted by Gasteiger charge is -2.09. The lowest BCUT2D eigenvalue weighted by atomic mass is 10.2. The van der Waals surface area contributed by atoms with Crippen molar-refractivity contribution in [1.29, 1.82) is 0 Å². The van der Waals surface area contributed by atoms with Crippen LogP contribution in [0.1, 0.15) is 11.1 Å². The van der Waals surface area contributed by atoms with Crippen molar-refractivity contribution >= 4 is 17.2 Å². The molecule has 0 fully saturated rings. The highest BCUT2D eigenvalue weighted by atomic mass is 32.1. The molecule has 0 heterocycles. The van der Waals surface area contributed by atoms with Gasteiger partial charge in [-0.1, -0.05) is 24.4 Å². The Labute approximate surface area is 117 Å². The predicted octanol–water partition coefficient (Wildman–Crippen LogP) is 3.30. The van der Waals surface area contributed by atoms with Crippen LogP contribution in [0.5, 0.6) is 5.75 Å². The fourth-order valence-electron chi connectivity index (χ4n) is 1.67. The zero-order valence-electron chi connectivity index (χ0n) is 10.5. The molecule has 0 bridgehead atoms. The molecular formula is C15H14FNOS. The van der Waals surface area contributed by atoms with E-state index in [1.165, 1.54) is 12.1 Å². The Kier molecular flexibility index (Phi) is 4.47. The first-order chi connectivity index (χ1) is 9.19. The van der Waals surface area contributed by atoms with E-state index in [2.05, 4.69) is 5.32 Å². The number of halogens is 1. The second kappa shape index (κ2) is 6.29. The number of methoxy groups -OCH3 is 1. The number of hydrogen-bond donors (Lipinski definition) is 1. The third-order valence-corrected chi connectivity index (χ3v) is 3.07. The van der Waals surface area contributed by atoms with E-state index in [4.69, 9.17) is 17.0 Å². The SMILES string of the molecule is COc1cccc(CNC(=S)c2ccc(F)cc2)c1. The van der Waals surface area contributed by atoms with Crippen molar-refractivity contribution in [3.05, 3.63) is 65.5 Å². The highest BCUT2D eigenvalue weighted by molar-refractivity contribution is 7.80. The van der Waals surface area contributed by atoms with Crippen molar-refractivity contribution in [2.24, 2.45) is 0 Å². The minimum Gasteiger partial charge on any atom is -0.497 e. The van der Waals surface area contributed by atoms with Gasteiger partial charge in [0.15, 0.2) is 0 Å². The van der Waals surface area contributed by atoms with Gasteiger partial charge in [0, 0.05) is 12.1 Å². The molecule has 0 aliphatic heterocycles. The van der Waals surface area contributed by atoms with Crippen molar-refractivity contribution in [2.45, 2.75) is 6.54 Å². The van der Waals surface area contributed by atoms with Gasteiger partial charge in [-0.15, -0.1) is 0 Å². The molecule has 0 radical (unpaired) electrons. The summed E-state index contributed by atoms with van der Waals surface area (Å²) >= 11 is 5.26. The molecule has 0 amide bonds. The van der Waals surface area contributed by atoms with Crippen molar-refractivity contribution in [1.82, 2.24) is 5.32 Å². The highest BCUT2D eigenvalue weighted by Gasteiger charge is 2.02. The van der Waals surface area contributed by atoms with E-state index in [0.717, 1.165) is 16.9 Å². The second-order valence-corrected chi connectivity index (χ2v) is 4.45. The molecule has 4 heteroatoms. The zero-order valence-corrected chi connectivity index (χ0v) is 11.3. The summed E-state index contributed by atoms with van der Waals surface area (Å²) in [7, 11) is 1.63. The van der Waals surface area contributed by atoms with Crippen LogP contribution in [0.3, 0.4) is 0 Å². The van der Waals surface area contributed by atoms with Crippen LogP contribution >= 0.6 is 12.2 Å². The summed E-state index contributed by atoms with van der Waals surface area (Å²) in [4.78, 5) is 0.600. The first-order valence-corrected chi connectivity index (χ1v) is 6.26. The Morgan fingerprint density at radius 1 is 1.21 bits per heavy atom. The van der Waals surface area contributed by atoms with E-state index in [1.807, 2.05) is 24.3 Å². The van der Waals surface area contributed by atoms with E-state index in [1.54, 1.807) is 19.2 Å². The number of ether oxygens (including phenoxy) is 1. The van der Waals surface area contributed by atoms with Gasteiger partial charge in [0.2, 0.25) is 0 Å². The highest BCUT2D eigenvalue weighted by Crippen LogP contribution is 2.12. The Morgan fingerprint density at radius 2 is 1.95 bits per heavy atom. The first kappa shape index (κ1) is 13.5. The van der Waals surface area contributed by atoms with Crippen LogP contribution in [0.4, 0.5) is 4.39 Å². The van der Waals surface area contributed by atoms with E-state index in [0.29, 0.717) is 11.5 Å². The van der Waals surface area contributed by atoms with Gasteiger partial charge in [-0.2, -0.15) is 0 Å². The van der Waals surface area contributed by atoms with Crippen LogP contribution in [0.25, 0.3) is 0 Å². The lowest BCUT2D eigenvalue weighted by Crippen LogP contribution is -2.21. The molecule has 2 aromatic rings. The third kappa shape index (κ3) is 3.76. The maximum Gasteiger partial charge on any atom is 0.123 e. The number of nitrogens with one attached hydrogen (secondary N) is 1. The van der Waals surface area contributed by atoms with Crippen LogP contribution in [-0.2, 0) is 6.54 Å². The summed E-state index contributed by atoms with van der Waals surface area (Å²) in [5, 5.41) is 3.14. The predicted molar refractivity (Wildman–Crippen MR) is 77.9 cm³/mol. The van der Waals surface area contributed by atoms with Crippen LogP contribution < -0.4 is 10.1 Å². The van der Waals surface area contributed by atoms with E-state index >= 15 is 0 Å². The van der Waals surface area contributed by atoms with Gasteiger partial charge in [0.25, 0.3) is 0 Å². The van der Waals surface area contributed by atoms with Gasteiger partial charge < -0.3 is 10.1 Å². The van der Waals surface area contributed by atoms with Crippen LogP contribution in [0.15, 0.2) is 48.5 Å². The average molecular weight is 275 g/mol. The van der Waals surface area contributed by atoms with Crippen molar-refractivity contribution in [3.8, 4) is 5.75 Å². The summed E-state index contributed by atoms with van der Waals surface area (Å²) < 4.78 is 18.0. The smallest absolute Gasteiger partial charge is 0.123 e. The molecule has 0 spiro atoms. The fourth-order valence-corrected chi connectivity index (χ4v) is 1.88. The maximum atomic E-state index is 12.8. The monoisotopic (exact) mass is 275 g/mol. The molecule has 0 aliphatic carbocycles. The summed E-state index contributed by atoms with van der Waals surface area (Å²) in [6, 6.07) is 13.9. The Morgan fingerprint density at radius 3 is 2.63 bits per heavy atom. The third-order valence-electron chi connectivity index (χ3n) is 2.69. The first-order valence-electron chi connectivity index (χ1n) is 5.86. The molecule has 0 atom stereocenters. The molecule has 0 saturated heterocycles. The number of hydrogen-bond acceptors (Lipinski definition) is 2. The van der Waals surface area contributed by atoms with Crippen molar-refractivity contribution < 1.29 is 9.13 Å². The fraction of sp³-hybridized carbons (Fsp3) is 0.133. The van der Waals surface area contributed by atoms with Gasteiger partial charge in [0.05, 0.1) is 7.11 Å². The number of benzene rings is 2. The zero-order chi connectivity index (χ0) is 13.7. The Hall–Kier alpha value is -1.94. The molecule has 0 unspecified atom stereocenters. The van der Waals surface area contributed by atoms with Crippen molar-refractivity contribution in [2.75, 3.05) is 7.11 Å². The average Bonchev–Trinajstić information content (AvgIpc) is 2.46. The Balaban J connectivity index is 1.98. The topological polar surface area (TPSA) is 21.3 Å². The van der Waals surface area contributed by atoms with Gasteiger partial charge in [-0.25, -0.2) is 4.39 Å². The molecule has 0 aromatic heterocycles. The summed E-state index contributed by atoms with van der Waals surface area (Å²) in [6.07, 6.45) is 0. The minimum absolute atomic E-state index is 0.264. The van der Waals surface area contributed by atoms with Gasteiger partial charge in [-0.3, -0.25) is 0 Å². The molecule has 2 rings (SSSR count). The molecule has 0 saturated carbocycles. The summed E-state index contributed by atoms with van der Waals surface area (Å²) in [5.74, 6) is 0.548. The number of rotatable bonds is 4. The van der Waals surface area contributed by atoms with Gasteiger partial charge in [0.1, 0.15) is 16.6 Å². The van der Waals surface area contributed by atoms with Crippen LogP contribution in [-0.4, -0.2) is 12.1 Å².